The normalized spacial score (nSPS) is 11.5. The predicted octanol–water partition coefficient (Wildman–Crippen LogP) is 2.91. The predicted molar refractivity (Wildman–Crippen MR) is 125 cm³/mol. The minimum Gasteiger partial charge on any atom is -0.382 e. The highest BCUT2D eigenvalue weighted by Gasteiger charge is 2.22. The summed E-state index contributed by atoms with van der Waals surface area (Å²) in [4.78, 5) is 26.1. The molecule has 162 valence electrons. The summed E-state index contributed by atoms with van der Waals surface area (Å²) in [7, 11) is 0. The molecule has 1 atom stereocenters. The quantitative estimate of drug-likeness (QED) is 0.416. The zero-order valence-electron chi connectivity index (χ0n) is 17.2. The van der Waals surface area contributed by atoms with Gasteiger partial charge in [-0.1, -0.05) is 23.7 Å². The number of anilines is 3. The Morgan fingerprint density at radius 1 is 1.09 bits per heavy atom. The second-order valence-corrected chi connectivity index (χ2v) is 7.48. The van der Waals surface area contributed by atoms with E-state index in [1.54, 1.807) is 49.4 Å². The summed E-state index contributed by atoms with van der Waals surface area (Å²) >= 11 is 6.31. The first-order valence-corrected chi connectivity index (χ1v) is 10.0. The molecule has 2 aromatic heterocycles. The van der Waals surface area contributed by atoms with Gasteiger partial charge in [-0.15, -0.1) is 0 Å². The highest BCUT2D eigenvalue weighted by molar-refractivity contribution is 6.35. The van der Waals surface area contributed by atoms with Crippen LogP contribution in [0, 0.1) is 22.7 Å². The highest BCUT2D eigenvalue weighted by atomic mass is 35.5. The number of benzene rings is 2. The van der Waals surface area contributed by atoms with Crippen LogP contribution in [0.2, 0.25) is 5.02 Å². The molecule has 0 fully saturated rings. The molecule has 0 aliphatic carbocycles. The van der Waals surface area contributed by atoms with Crippen LogP contribution in [0.3, 0.4) is 0 Å². The summed E-state index contributed by atoms with van der Waals surface area (Å²) < 4.78 is 1.37. The fourth-order valence-corrected chi connectivity index (χ4v) is 3.69. The zero-order valence-corrected chi connectivity index (χ0v) is 18.0. The molecule has 0 aliphatic heterocycles. The van der Waals surface area contributed by atoms with Crippen molar-refractivity contribution in [2.45, 2.75) is 13.0 Å². The number of nitrogens with two attached hydrogens (primary N) is 2. The Hall–Kier alpha value is -4.67. The van der Waals surface area contributed by atoms with E-state index in [-0.39, 0.29) is 33.6 Å². The van der Waals surface area contributed by atoms with Gasteiger partial charge in [-0.2, -0.15) is 20.5 Å². The Morgan fingerprint density at radius 2 is 1.85 bits per heavy atom. The number of halogens is 1. The number of nitrogens with one attached hydrogen (secondary N) is 1. The summed E-state index contributed by atoms with van der Waals surface area (Å²) in [6.07, 6.45) is 0. The van der Waals surface area contributed by atoms with Crippen molar-refractivity contribution in [2.75, 3.05) is 16.8 Å². The number of rotatable bonds is 4. The van der Waals surface area contributed by atoms with Gasteiger partial charge in [-0.05, 0) is 37.3 Å². The maximum Gasteiger partial charge on any atom is 0.267 e. The molecule has 0 saturated heterocycles. The number of nitriles is 2. The lowest BCUT2D eigenvalue weighted by Crippen LogP contribution is -2.28. The molecule has 0 amide bonds. The van der Waals surface area contributed by atoms with Gasteiger partial charge in [0.2, 0.25) is 5.95 Å². The summed E-state index contributed by atoms with van der Waals surface area (Å²) in [5.41, 5.74) is 12.3. The van der Waals surface area contributed by atoms with Crippen molar-refractivity contribution >= 4 is 40.1 Å². The molecular formula is C22H16ClN9O. The monoisotopic (exact) mass is 457 g/mol. The van der Waals surface area contributed by atoms with Crippen LogP contribution in [0.1, 0.15) is 29.9 Å². The molecule has 2 aromatic carbocycles. The molecule has 0 aliphatic rings. The molecule has 33 heavy (non-hydrogen) atoms. The third-order valence-corrected chi connectivity index (χ3v) is 5.23. The van der Waals surface area contributed by atoms with Gasteiger partial charge in [0, 0.05) is 0 Å². The number of aromatic nitrogens is 4. The van der Waals surface area contributed by atoms with Crippen LogP contribution in [0.4, 0.5) is 17.6 Å². The van der Waals surface area contributed by atoms with Crippen LogP contribution in [0.15, 0.2) is 47.3 Å². The molecule has 0 spiro atoms. The van der Waals surface area contributed by atoms with E-state index >= 15 is 0 Å². The Bertz CT molecular complexity index is 1550. The van der Waals surface area contributed by atoms with E-state index in [4.69, 9.17) is 23.1 Å². The summed E-state index contributed by atoms with van der Waals surface area (Å²) in [6.45, 7) is 1.73. The van der Waals surface area contributed by atoms with Gasteiger partial charge >= 0.3 is 0 Å². The van der Waals surface area contributed by atoms with Gasteiger partial charge in [0.15, 0.2) is 5.82 Å². The Labute approximate surface area is 192 Å². The summed E-state index contributed by atoms with van der Waals surface area (Å²) in [5, 5.41) is 22.3. The lowest BCUT2D eigenvalue weighted by molar-refractivity contribution is 0.730. The average molecular weight is 458 g/mol. The number of fused-ring (bicyclic) bond motifs is 1. The minimum atomic E-state index is -0.646. The Kier molecular flexibility index (Phi) is 5.53. The molecular weight excluding hydrogens is 442 g/mol. The number of hydrogen-bond acceptors (Lipinski definition) is 9. The van der Waals surface area contributed by atoms with Gasteiger partial charge in [0.1, 0.15) is 23.3 Å². The highest BCUT2D eigenvalue weighted by Crippen LogP contribution is 2.27. The van der Waals surface area contributed by atoms with Crippen molar-refractivity contribution in [3.63, 3.8) is 0 Å². The Balaban J connectivity index is 1.96. The van der Waals surface area contributed by atoms with Gasteiger partial charge in [0.05, 0.1) is 39.3 Å². The first-order valence-electron chi connectivity index (χ1n) is 9.65. The van der Waals surface area contributed by atoms with E-state index < -0.39 is 11.6 Å². The number of nitrogen functional groups attached to an aromatic ring is 2. The van der Waals surface area contributed by atoms with E-state index in [0.29, 0.717) is 22.6 Å². The number of nitrogens with zero attached hydrogens (tertiary/aromatic N) is 6. The van der Waals surface area contributed by atoms with E-state index in [1.807, 2.05) is 6.07 Å². The number of hydrogen-bond donors (Lipinski definition) is 3. The largest absolute Gasteiger partial charge is 0.382 e. The Morgan fingerprint density at radius 3 is 2.58 bits per heavy atom. The molecule has 2 heterocycles. The van der Waals surface area contributed by atoms with Crippen molar-refractivity contribution < 1.29 is 0 Å². The van der Waals surface area contributed by atoms with E-state index in [2.05, 4.69) is 26.3 Å². The van der Waals surface area contributed by atoms with Crippen molar-refractivity contribution in [1.29, 1.82) is 10.5 Å². The van der Waals surface area contributed by atoms with Gasteiger partial charge in [-0.25, -0.2) is 4.98 Å². The molecule has 0 unspecified atom stereocenters. The van der Waals surface area contributed by atoms with Gasteiger partial charge in [-0.3, -0.25) is 9.36 Å². The van der Waals surface area contributed by atoms with Crippen LogP contribution >= 0.6 is 11.6 Å². The van der Waals surface area contributed by atoms with Gasteiger partial charge in [0.25, 0.3) is 5.56 Å². The molecule has 5 N–H and O–H groups in total. The summed E-state index contributed by atoms with van der Waals surface area (Å²) in [5.74, 6) is 0.216. The van der Waals surface area contributed by atoms with Crippen molar-refractivity contribution in [2.24, 2.45) is 0 Å². The lowest BCUT2D eigenvalue weighted by Gasteiger charge is -2.21. The zero-order chi connectivity index (χ0) is 23.7. The molecule has 10 nitrogen and oxygen atoms in total. The average Bonchev–Trinajstić information content (AvgIpc) is 2.78. The maximum absolute atomic E-state index is 13.6. The third-order valence-electron chi connectivity index (χ3n) is 4.91. The second-order valence-electron chi connectivity index (χ2n) is 7.08. The van der Waals surface area contributed by atoms with Crippen LogP contribution in [-0.4, -0.2) is 19.5 Å². The van der Waals surface area contributed by atoms with E-state index in [0.717, 1.165) is 0 Å². The smallest absolute Gasteiger partial charge is 0.267 e. The van der Waals surface area contributed by atoms with Crippen LogP contribution in [0.5, 0.6) is 0 Å². The third kappa shape index (κ3) is 3.87. The van der Waals surface area contributed by atoms with Gasteiger partial charge < -0.3 is 16.8 Å². The molecule has 0 saturated carbocycles. The maximum atomic E-state index is 13.6. The van der Waals surface area contributed by atoms with Crippen LogP contribution < -0.4 is 22.3 Å². The van der Waals surface area contributed by atoms with Crippen molar-refractivity contribution in [3.8, 4) is 17.8 Å². The van der Waals surface area contributed by atoms with Crippen molar-refractivity contribution in [1.82, 2.24) is 19.5 Å². The van der Waals surface area contributed by atoms with Crippen LogP contribution in [0.25, 0.3) is 16.6 Å². The topological polar surface area (TPSA) is 172 Å². The fourth-order valence-electron chi connectivity index (χ4n) is 3.44. The molecule has 4 rings (SSSR count). The molecule has 4 aromatic rings. The fraction of sp³-hybridized carbons (Fsp3) is 0.0909. The first kappa shape index (κ1) is 21.6. The summed E-state index contributed by atoms with van der Waals surface area (Å²) in [6, 6.07) is 14.9. The SMILES string of the molecule is C[C@H](Nc1nc(N)nc(N)c1C#N)c1nc2cccc(Cl)c2c(=O)n1-c1cccc(C#N)c1. The second kappa shape index (κ2) is 8.46. The first-order chi connectivity index (χ1) is 15.8. The lowest BCUT2D eigenvalue weighted by atomic mass is 10.1. The molecule has 11 heteroatoms. The van der Waals surface area contributed by atoms with E-state index in [1.165, 1.54) is 4.57 Å². The van der Waals surface area contributed by atoms with Crippen molar-refractivity contribution in [3.05, 3.63) is 74.8 Å². The standard InChI is InChI=1S/C22H16ClN9O/c1-11(28-19-14(10-25)18(26)30-22(27)31-19)20-29-16-7-3-6-15(23)17(16)21(33)32(20)13-5-2-4-12(8-13)9-24/h2-8,11H,1H3,(H5,26,27,28,30,31)/t11-/m0/s1. The van der Waals surface area contributed by atoms with Crippen LogP contribution in [-0.2, 0) is 0 Å². The molecule has 0 radical (unpaired) electrons. The molecule has 0 bridgehead atoms. The minimum absolute atomic E-state index is 0.0141. The van der Waals surface area contributed by atoms with E-state index in [9.17, 15) is 15.3 Å².